The summed E-state index contributed by atoms with van der Waals surface area (Å²) in [4.78, 5) is 11.9. The summed E-state index contributed by atoms with van der Waals surface area (Å²) in [5.74, 6) is -1.88. The van der Waals surface area contributed by atoms with E-state index >= 15 is 0 Å². The zero-order valence-electron chi connectivity index (χ0n) is 11.2. The summed E-state index contributed by atoms with van der Waals surface area (Å²) in [7, 11) is -3.87. The molecule has 0 aliphatic carbocycles. The maximum absolute atomic E-state index is 13.8. The van der Waals surface area contributed by atoms with Crippen LogP contribution in [0.15, 0.2) is 52.9 Å². The van der Waals surface area contributed by atoms with Crippen LogP contribution in [-0.2, 0) is 9.84 Å². The lowest BCUT2D eigenvalue weighted by Gasteiger charge is -2.18. The summed E-state index contributed by atoms with van der Waals surface area (Å²) in [5.41, 5.74) is 0.648. The standard InChI is InChI=1S/C16H10ClFO3S/c17-12-6-4-10(5-7-12)8-11-9-22(20,21)16-13(15(11)19)2-1-3-14(16)18/h1-8H,9H2. The lowest BCUT2D eigenvalue weighted by molar-refractivity contribution is 0.103. The van der Waals surface area contributed by atoms with Gasteiger partial charge in [-0.05, 0) is 35.9 Å². The summed E-state index contributed by atoms with van der Waals surface area (Å²) >= 11 is 5.79. The Bertz CT molecular complexity index is 899. The Balaban J connectivity index is 2.14. The third kappa shape index (κ3) is 2.58. The Kier molecular flexibility index (Phi) is 3.62. The van der Waals surface area contributed by atoms with Gasteiger partial charge in [0.15, 0.2) is 15.6 Å². The van der Waals surface area contributed by atoms with Crippen molar-refractivity contribution in [1.29, 1.82) is 0 Å². The summed E-state index contributed by atoms with van der Waals surface area (Å²) in [6.45, 7) is 0. The molecule has 3 nitrogen and oxygen atoms in total. The molecule has 0 aromatic heterocycles. The van der Waals surface area contributed by atoms with Crippen molar-refractivity contribution >= 4 is 33.3 Å². The van der Waals surface area contributed by atoms with Crippen molar-refractivity contribution in [1.82, 2.24) is 0 Å². The fraction of sp³-hybridized carbons (Fsp3) is 0.0625. The molecule has 0 bridgehead atoms. The highest BCUT2D eigenvalue weighted by Crippen LogP contribution is 2.31. The van der Waals surface area contributed by atoms with Crippen LogP contribution < -0.4 is 0 Å². The average molecular weight is 337 g/mol. The van der Waals surface area contributed by atoms with Crippen LogP contribution >= 0.6 is 11.6 Å². The molecule has 1 heterocycles. The predicted octanol–water partition coefficient (Wildman–Crippen LogP) is 3.53. The van der Waals surface area contributed by atoms with Crippen molar-refractivity contribution in [2.45, 2.75) is 4.90 Å². The van der Waals surface area contributed by atoms with Gasteiger partial charge in [-0.2, -0.15) is 0 Å². The van der Waals surface area contributed by atoms with E-state index in [1.807, 2.05) is 0 Å². The lowest BCUT2D eigenvalue weighted by Crippen LogP contribution is -2.25. The first kappa shape index (κ1) is 14.9. The second-order valence-electron chi connectivity index (χ2n) is 4.93. The van der Waals surface area contributed by atoms with E-state index in [-0.39, 0.29) is 11.1 Å². The summed E-state index contributed by atoms with van der Waals surface area (Å²) in [6.07, 6.45) is 1.49. The van der Waals surface area contributed by atoms with E-state index in [2.05, 4.69) is 0 Å². The third-order valence-corrected chi connectivity index (χ3v) is 5.35. The Hall–Kier alpha value is -1.98. The van der Waals surface area contributed by atoms with Gasteiger partial charge in [-0.15, -0.1) is 0 Å². The zero-order valence-corrected chi connectivity index (χ0v) is 12.8. The van der Waals surface area contributed by atoms with Crippen LogP contribution in [0.1, 0.15) is 15.9 Å². The molecule has 112 valence electrons. The first-order valence-electron chi connectivity index (χ1n) is 6.40. The number of rotatable bonds is 1. The van der Waals surface area contributed by atoms with Gasteiger partial charge in [-0.1, -0.05) is 29.8 Å². The van der Waals surface area contributed by atoms with Gasteiger partial charge < -0.3 is 0 Å². The SMILES string of the molecule is O=C1C(=Cc2ccc(Cl)cc2)CS(=O)(=O)c2c(F)cccc21. The van der Waals surface area contributed by atoms with Gasteiger partial charge in [0.25, 0.3) is 0 Å². The Morgan fingerprint density at radius 3 is 2.45 bits per heavy atom. The van der Waals surface area contributed by atoms with E-state index < -0.39 is 32.1 Å². The number of hydrogen-bond acceptors (Lipinski definition) is 3. The summed E-state index contributed by atoms with van der Waals surface area (Å²) in [6, 6.07) is 10.3. The largest absolute Gasteiger partial charge is 0.289 e. The number of benzene rings is 2. The van der Waals surface area contributed by atoms with Crippen molar-refractivity contribution in [3.8, 4) is 0 Å². The van der Waals surface area contributed by atoms with Crippen LogP contribution in [0, 0.1) is 5.82 Å². The van der Waals surface area contributed by atoms with Crippen LogP contribution in [0.2, 0.25) is 5.02 Å². The minimum absolute atomic E-state index is 0.112. The van der Waals surface area contributed by atoms with E-state index in [1.165, 1.54) is 18.2 Å². The zero-order chi connectivity index (χ0) is 15.9. The van der Waals surface area contributed by atoms with E-state index in [9.17, 15) is 17.6 Å². The normalized spacial score (nSPS) is 18.3. The van der Waals surface area contributed by atoms with Gasteiger partial charge in [0.05, 0.1) is 5.75 Å². The Morgan fingerprint density at radius 2 is 1.77 bits per heavy atom. The third-order valence-electron chi connectivity index (χ3n) is 3.37. The lowest BCUT2D eigenvalue weighted by atomic mass is 10.0. The minimum atomic E-state index is -3.87. The van der Waals surface area contributed by atoms with Gasteiger partial charge in [0.2, 0.25) is 0 Å². The van der Waals surface area contributed by atoms with Crippen LogP contribution in [0.25, 0.3) is 6.08 Å². The number of sulfone groups is 1. The van der Waals surface area contributed by atoms with Crippen LogP contribution in [0.5, 0.6) is 0 Å². The summed E-state index contributed by atoms with van der Waals surface area (Å²) < 4.78 is 38.3. The molecule has 3 rings (SSSR count). The van der Waals surface area contributed by atoms with Gasteiger partial charge in [-0.3, -0.25) is 4.79 Å². The molecule has 1 aliphatic rings. The number of carbonyl (C=O) groups is 1. The van der Waals surface area contributed by atoms with Crippen LogP contribution in [-0.4, -0.2) is 20.0 Å². The van der Waals surface area contributed by atoms with E-state index in [0.29, 0.717) is 10.6 Å². The molecular weight excluding hydrogens is 327 g/mol. The van der Waals surface area contributed by atoms with Gasteiger partial charge in [0, 0.05) is 16.2 Å². The monoisotopic (exact) mass is 336 g/mol. The van der Waals surface area contributed by atoms with Crippen LogP contribution in [0.4, 0.5) is 4.39 Å². The quantitative estimate of drug-likeness (QED) is 0.748. The molecule has 0 unspecified atom stereocenters. The van der Waals surface area contributed by atoms with Crippen LogP contribution in [0.3, 0.4) is 0 Å². The van der Waals surface area contributed by atoms with E-state index in [1.54, 1.807) is 24.3 Å². The van der Waals surface area contributed by atoms with Gasteiger partial charge >= 0.3 is 0 Å². The molecule has 22 heavy (non-hydrogen) atoms. The first-order chi connectivity index (χ1) is 10.4. The van der Waals surface area contributed by atoms with Crippen molar-refractivity contribution in [2.24, 2.45) is 0 Å². The second kappa shape index (κ2) is 5.34. The van der Waals surface area contributed by atoms with E-state index in [0.717, 1.165) is 6.07 Å². The molecule has 0 saturated heterocycles. The molecule has 0 radical (unpaired) electrons. The van der Waals surface area contributed by atoms with Crippen molar-refractivity contribution in [3.05, 3.63) is 70.0 Å². The smallest absolute Gasteiger partial charge is 0.191 e. The van der Waals surface area contributed by atoms with Gasteiger partial charge in [-0.25, -0.2) is 12.8 Å². The van der Waals surface area contributed by atoms with Crippen molar-refractivity contribution in [2.75, 3.05) is 5.75 Å². The predicted molar refractivity (Wildman–Crippen MR) is 82.2 cm³/mol. The number of ketones is 1. The van der Waals surface area contributed by atoms with Crippen molar-refractivity contribution < 1.29 is 17.6 Å². The minimum Gasteiger partial charge on any atom is -0.289 e. The molecule has 0 N–H and O–H groups in total. The molecule has 2 aromatic carbocycles. The van der Waals surface area contributed by atoms with E-state index in [4.69, 9.17) is 11.6 Å². The molecule has 0 fully saturated rings. The van der Waals surface area contributed by atoms with Gasteiger partial charge in [0.1, 0.15) is 10.7 Å². The fourth-order valence-electron chi connectivity index (χ4n) is 2.39. The second-order valence-corrected chi connectivity index (χ2v) is 7.29. The van der Waals surface area contributed by atoms with Crippen molar-refractivity contribution in [3.63, 3.8) is 0 Å². The molecule has 0 saturated carbocycles. The Labute approximate surface area is 132 Å². The highest BCUT2D eigenvalue weighted by Gasteiger charge is 2.35. The topological polar surface area (TPSA) is 51.2 Å². The number of fused-ring (bicyclic) bond motifs is 1. The summed E-state index contributed by atoms with van der Waals surface area (Å²) in [5, 5.41) is 0.539. The molecule has 1 aliphatic heterocycles. The molecule has 6 heteroatoms. The number of carbonyl (C=O) groups excluding carboxylic acids is 1. The fourth-order valence-corrected chi connectivity index (χ4v) is 4.14. The highest BCUT2D eigenvalue weighted by molar-refractivity contribution is 7.91. The maximum Gasteiger partial charge on any atom is 0.191 e. The Morgan fingerprint density at radius 1 is 1.09 bits per heavy atom. The molecule has 0 spiro atoms. The molecule has 2 aromatic rings. The number of halogens is 2. The maximum atomic E-state index is 13.8. The average Bonchev–Trinajstić information content (AvgIpc) is 2.46. The number of Topliss-reactive ketones (excluding diaryl/α,β-unsaturated/α-hetero) is 1. The first-order valence-corrected chi connectivity index (χ1v) is 8.43. The molecule has 0 amide bonds. The highest BCUT2D eigenvalue weighted by atomic mass is 35.5. The molecular formula is C16H10ClFO3S. The number of hydrogen-bond donors (Lipinski definition) is 0. The molecule has 0 atom stereocenters.